The Morgan fingerprint density at radius 1 is 1.50 bits per heavy atom. The van der Waals surface area contributed by atoms with Crippen molar-refractivity contribution in [3.63, 3.8) is 0 Å². The summed E-state index contributed by atoms with van der Waals surface area (Å²) < 4.78 is 0. The van der Waals surface area contributed by atoms with E-state index in [0.29, 0.717) is 5.92 Å². The van der Waals surface area contributed by atoms with Gasteiger partial charge < -0.3 is 10.0 Å². The quantitative estimate of drug-likeness (QED) is 0.931. The van der Waals surface area contributed by atoms with Crippen molar-refractivity contribution in [2.75, 3.05) is 13.6 Å². The number of aryl methyl sites for hydroxylation is 1. The van der Waals surface area contributed by atoms with Gasteiger partial charge in [0.1, 0.15) is 0 Å². The van der Waals surface area contributed by atoms with Crippen molar-refractivity contribution in [1.82, 2.24) is 4.90 Å². The zero-order chi connectivity index (χ0) is 14.3. The predicted octanol–water partition coefficient (Wildman–Crippen LogP) is 2.72. The third-order valence-corrected chi connectivity index (χ3v) is 5.85. The molecule has 1 aromatic heterocycles. The molecule has 1 heterocycles. The molecule has 110 valence electrons. The summed E-state index contributed by atoms with van der Waals surface area (Å²) in [4.78, 5) is 16.6. The summed E-state index contributed by atoms with van der Waals surface area (Å²) in [5, 5.41) is 9.32. The van der Waals surface area contributed by atoms with Crippen molar-refractivity contribution in [1.29, 1.82) is 0 Å². The lowest BCUT2D eigenvalue weighted by molar-refractivity contribution is 0.0266. The summed E-state index contributed by atoms with van der Waals surface area (Å²) in [6, 6.07) is 2.12. The average molecular weight is 293 g/mol. The summed E-state index contributed by atoms with van der Waals surface area (Å²) in [6.45, 7) is 3.06. The molecule has 3 nitrogen and oxygen atoms in total. The lowest BCUT2D eigenvalue weighted by atomic mass is 9.82. The number of fused-ring (bicyclic) bond motifs is 1. The van der Waals surface area contributed by atoms with E-state index in [1.165, 1.54) is 16.9 Å². The first-order valence-electron chi connectivity index (χ1n) is 7.58. The molecule has 3 rings (SSSR count). The Bertz CT molecular complexity index is 505. The Labute approximate surface area is 124 Å². The lowest BCUT2D eigenvalue weighted by Crippen LogP contribution is -2.39. The molecule has 0 aliphatic heterocycles. The molecule has 2 aliphatic carbocycles. The van der Waals surface area contributed by atoms with Crippen LogP contribution in [0.15, 0.2) is 6.07 Å². The number of aliphatic hydroxyl groups excluding tert-OH is 1. The van der Waals surface area contributed by atoms with Crippen LogP contribution in [0.25, 0.3) is 0 Å². The van der Waals surface area contributed by atoms with Gasteiger partial charge in [-0.05, 0) is 55.6 Å². The Morgan fingerprint density at radius 3 is 2.95 bits per heavy atom. The molecule has 2 aliphatic rings. The van der Waals surface area contributed by atoms with Crippen molar-refractivity contribution in [2.24, 2.45) is 11.8 Å². The zero-order valence-corrected chi connectivity index (χ0v) is 13.1. The lowest BCUT2D eigenvalue weighted by Gasteiger charge is -2.34. The fourth-order valence-corrected chi connectivity index (χ4v) is 4.52. The van der Waals surface area contributed by atoms with Gasteiger partial charge in [-0.3, -0.25) is 4.79 Å². The van der Waals surface area contributed by atoms with E-state index in [9.17, 15) is 9.90 Å². The van der Waals surface area contributed by atoms with E-state index in [1.54, 1.807) is 11.3 Å². The molecular weight excluding hydrogens is 270 g/mol. The molecule has 1 atom stereocenters. The largest absolute Gasteiger partial charge is 0.393 e. The molecule has 20 heavy (non-hydrogen) atoms. The van der Waals surface area contributed by atoms with E-state index in [0.717, 1.165) is 43.0 Å². The van der Waals surface area contributed by atoms with Gasteiger partial charge in [-0.1, -0.05) is 6.92 Å². The van der Waals surface area contributed by atoms with Crippen LogP contribution < -0.4 is 0 Å². The number of amides is 1. The Balaban J connectivity index is 1.64. The molecule has 1 amide bonds. The molecule has 0 bridgehead atoms. The van der Waals surface area contributed by atoms with Crippen molar-refractivity contribution < 1.29 is 9.90 Å². The number of carbonyl (C=O) groups excluding carboxylic acids is 1. The average Bonchev–Trinajstić information content (AvgIpc) is 2.78. The Morgan fingerprint density at radius 2 is 2.25 bits per heavy atom. The monoisotopic (exact) mass is 293 g/mol. The van der Waals surface area contributed by atoms with Gasteiger partial charge in [0, 0.05) is 18.5 Å². The van der Waals surface area contributed by atoms with Crippen LogP contribution in [-0.2, 0) is 12.8 Å². The minimum Gasteiger partial charge on any atom is -0.393 e. The molecule has 0 saturated heterocycles. The highest BCUT2D eigenvalue weighted by atomic mass is 32.1. The summed E-state index contributed by atoms with van der Waals surface area (Å²) in [5.74, 6) is 1.38. The minimum atomic E-state index is -0.140. The summed E-state index contributed by atoms with van der Waals surface area (Å²) in [7, 11) is 1.88. The van der Waals surface area contributed by atoms with Gasteiger partial charge in [0.25, 0.3) is 5.91 Å². The van der Waals surface area contributed by atoms with Gasteiger partial charge in [-0.15, -0.1) is 11.3 Å². The second-order valence-electron chi connectivity index (χ2n) is 6.58. The van der Waals surface area contributed by atoms with Crippen LogP contribution in [-0.4, -0.2) is 35.6 Å². The molecule has 1 N–H and O–H groups in total. The molecule has 1 fully saturated rings. The molecule has 0 spiro atoms. The minimum absolute atomic E-state index is 0.140. The van der Waals surface area contributed by atoms with Crippen LogP contribution in [0.2, 0.25) is 0 Å². The van der Waals surface area contributed by atoms with E-state index in [2.05, 4.69) is 13.0 Å². The van der Waals surface area contributed by atoms with E-state index >= 15 is 0 Å². The van der Waals surface area contributed by atoms with Gasteiger partial charge in [0.15, 0.2) is 0 Å². The number of thiophene rings is 1. The topological polar surface area (TPSA) is 40.5 Å². The smallest absolute Gasteiger partial charge is 0.263 e. The maximum atomic E-state index is 12.5. The standard InChI is InChI=1S/C16H23NO2S/c1-10-3-4-14-12(5-10)8-15(20-14)16(19)17(2)9-11-6-13(18)7-11/h8,10-11,13,18H,3-7,9H2,1-2H3. The molecule has 0 aromatic carbocycles. The number of nitrogens with zero attached hydrogens (tertiary/aromatic N) is 1. The summed E-state index contributed by atoms with van der Waals surface area (Å²) in [6.07, 6.45) is 5.05. The van der Waals surface area contributed by atoms with Crippen LogP contribution in [0.3, 0.4) is 0 Å². The van der Waals surface area contributed by atoms with E-state index in [1.807, 2.05) is 11.9 Å². The Hall–Kier alpha value is -0.870. The number of hydrogen-bond donors (Lipinski definition) is 1. The van der Waals surface area contributed by atoms with Gasteiger partial charge in [0.05, 0.1) is 11.0 Å². The molecule has 1 aromatic rings. The summed E-state index contributed by atoms with van der Waals surface area (Å²) >= 11 is 1.69. The molecule has 0 radical (unpaired) electrons. The SMILES string of the molecule is CC1CCc2sc(C(=O)N(C)CC3CC(O)C3)cc2C1. The highest BCUT2D eigenvalue weighted by Crippen LogP contribution is 2.33. The number of rotatable bonds is 3. The normalized spacial score (nSPS) is 28.6. The second kappa shape index (κ2) is 5.49. The summed E-state index contributed by atoms with van der Waals surface area (Å²) in [5.41, 5.74) is 1.39. The maximum absolute atomic E-state index is 12.5. The Kier molecular flexibility index (Phi) is 3.87. The van der Waals surface area contributed by atoms with Crippen LogP contribution in [0.5, 0.6) is 0 Å². The van der Waals surface area contributed by atoms with Gasteiger partial charge in [0.2, 0.25) is 0 Å². The van der Waals surface area contributed by atoms with Gasteiger partial charge in [-0.25, -0.2) is 0 Å². The fraction of sp³-hybridized carbons (Fsp3) is 0.688. The fourth-order valence-electron chi connectivity index (χ4n) is 3.32. The van der Waals surface area contributed by atoms with Crippen LogP contribution >= 0.6 is 11.3 Å². The first-order valence-corrected chi connectivity index (χ1v) is 8.39. The van der Waals surface area contributed by atoms with Crippen LogP contribution in [0.4, 0.5) is 0 Å². The van der Waals surface area contributed by atoms with Gasteiger partial charge >= 0.3 is 0 Å². The van der Waals surface area contributed by atoms with E-state index in [-0.39, 0.29) is 12.0 Å². The van der Waals surface area contributed by atoms with Crippen molar-refractivity contribution >= 4 is 17.2 Å². The van der Waals surface area contributed by atoms with Crippen molar-refractivity contribution in [2.45, 2.75) is 45.1 Å². The predicted molar refractivity (Wildman–Crippen MR) is 81.2 cm³/mol. The first-order chi connectivity index (χ1) is 9.52. The van der Waals surface area contributed by atoms with Crippen molar-refractivity contribution in [3.8, 4) is 0 Å². The van der Waals surface area contributed by atoms with Crippen molar-refractivity contribution in [3.05, 3.63) is 21.4 Å². The zero-order valence-electron chi connectivity index (χ0n) is 12.3. The third kappa shape index (κ3) is 2.77. The highest BCUT2D eigenvalue weighted by molar-refractivity contribution is 7.14. The molecule has 1 unspecified atom stereocenters. The maximum Gasteiger partial charge on any atom is 0.263 e. The second-order valence-corrected chi connectivity index (χ2v) is 7.72. The number of aliphatic hydroxyl groups is 1. The third-order valence-electron chi connectivity index (χ3n) is 4.63. The number of carbonyl (C=O) groups is 1. The van der Waals surface area contributed by atoms with Crippen LogP contribution in [0.1, 0.15) is 46.3 Å². The van der Waals surface area contributed by atoms with E-state index < -0.39 is 0 Å². The number of hydrogen-bond acceptors (Lipinski definition) is 3. The molecule has 1 saturated carbocycles. The van der Waals surface area contributed by atoms with Gasteiger partial charge in [-0.2, -0.15) is 0 Å². The highest BCUT2D eigenvalue weighted by Gasteiger charge is 2.30. The molecule has 4 heteroatoms. The van der Waals surface area contributed by atoms with E-state index in [4.69, 9.17) is 0 Å². The first kappa shape index (κ1) is 14.1. The molecular formula is C16H23NO2S. The van der Waals surface area contributed by atoms with Crippen LogP contribution in [0, 0.1) is 11.8 Å².